The molecule has 2 aromatic rings. The lowest BCUT2D eigenvalue weighted by Crippen LogP contribution is -2.37. The van der Waals surface area contributed by atoms with E-state index in [1.54, 1.807) is 4.90 Å². The first kappa shape index (κ1) is 16.6. The van der Waals surface area contributed by atoms with E-state index in [-0.39, 0.29) is 11.9 Å². The molecule has 126 valence electrons. The van der Waals surface area contributed by atoms with E-state index in [1.807, 2.05) is 44.2 Å². The van der Waals surface area contributed by atoms with Crippen LogP contribution in [0.15, 0.2) is 30.3 Å². The minimum absolute atomic E-state index is 0.0967. The molecule has 0 saturated carbocycles. The van der Waals surface area contributed by atoms with Crippen LogP contribution in [0.2, 0.25) is 0 Å². The molecule has 1 aliphatic heterocycles. The van der Waals surface area contributed by atoms with Gasteiger partial charge in [-0.3, -0.25) is 9.59 Å². The van der Waals surface area contributed by atoms with Gasteiger partial charge in [0, 0.05) is 19.0 Å². The zero-order valence-corrected chi connectivity index (χ0v) is 14.5. The summed E-state index contributed by atoms with van der Waals surface area (Å²) in [7, 11) is 0. The first-order valence-corrected chi connectivity index (χ1v) is 8.83. The van der Waals surface area contributed by atoms with Gasteiger partial charge in [-0.1, -0.05) is 30.3 Å². The molecule has 1 amide bonds. The van der Waals surface area contributed by atoms with Crippen LogP contribution in [0, 0.1) is 12.8 Å². The number of rotatable bonds is 4. The van der Waals surface area contributed by atoms with Gasteiger partial charge in [0.1, 0.15) is 4.88 Å². The highest BCUT2D eigenvalue weighted by molar-refractivity contribution is 7.13. The Labute approximate surface area is 145 Å². The lowest BCUT2D eigenvalue weighted by atomic mass is 10.0. The van der Waals surface area contributed by atoms with Crippen molar-refractivity contribution in [1.82, 2.24) is 9.88 Å². The highest BCUT2D eigenvalue weighted by Crippen LogP contribution is 2.29. The van der Waals surface area contributed by atoms with Crippen LogP contribution < -0.4 is 0 Å². The highest BCUT2D eigenvalue weighted by atomic mass is 32.1. The number of aromatic nitrogens is 1. The van der Waals surface area contributed by atoms with E-state index in [2.05, 4.69) is 4.98 Å². The van der Waals surface area contributed by atoms with E-state index in [0.29, 0.717) is 24.3 Å². The van der Waals surface area contributed by atoms with Crippen LogP contribution in [0.5, 0.6) is 0 Å². The largest absolute Gasteiger partial charge is 0.481 e. The Bertz CT molecular complexity index is 757. The van der Waals surface area contributed by atoms with Gasteiger partial charge < -0.3 is 10.0 Å². The van der Waals surface area contributed by atoms with Crippen LogP contribution >= 0.6 is 11.3 Å². The van der Waals surface area contributed by atoms with Crippen molar-refractivity contribution in [2.75, 3.05) is 6.54 Å². The molecule has 6 heteroatoms. The number of aliphatic carboxylic acids is 1. The minimum atomic E-state index is -0.830. The van der Waals surface area contributed by atoms with Gasteiger partial charge in [-0.2, -0.15) is 0 Å². The zero-order chi connectivity index (χ0) is 17.3. The van der Waals surface area contributed by atoms with Crippen molar-refractivity contribution >= 4 is 23.2 Å². The number of carbonyl (C=O) groups excluding carboxylic acids is 1. The summed E-state index contributed by atoms with van der Waals surface area (Å²) in [5, 5.41) is 10.1. The summed E-state index contributed by atoms with van der Waals surface area (Å²) in [5.74, 6) is -1.41. The van der Waals surface area contributed by atoms with E-state index in [9.17, 15) is 14.7 Å². The number of carboxylic acid groups (broad SMARTS) is 1. The summed E-state index contributed by atoms with van der Waals surface area (Å²) in [6.07, 6.45) is 1.21. The second kappa shape index (κ2) is 6.73. The summed E-state index contributed by atoms with van der Waals surface area (Å²) < 4.78 is 0. The monoisotopic (exact) mass is 344 g/mol. The Kier molecular flexibility index (Phi) is 4.66. The molecule has 3 rings (SSSR count). The van der Waals surface area contributed by atoms with Gasteiger partial charge in [0.15, 0.2) is 0 Å². The molecular formula is C18H20N2O3S. The normalized spacial score (nSPS) is 20.3. The average molecular weight is 344 g/mol. The van der Waals surface area contributed by atoms with Crippen molar-refractivity contribution in [2.24, 2.45) is 5.92 Å². The summed E-state index contributed by atoms with van der Waals surface area (Å²) >= 11 is 1.41. The van der Waals surface area contributed by atoms with Crippen LogP contribution in [-0.2, 0) is 11.2 Å². The van der Waals surface area contributed by atoms with E-state index in [1.165, 1.54) is 11.3 Å². The third kappa shape index (κ3) is 3.19. The van der Waals surface area contributed by atoms with Crippen molar-refractivity contribution < 1.29 is 14.7 Å². The second-order valence-corrected chi connectivity index (χ2v) is 7.24. The number of hydrogen-bond acceptors (Lipinski definition) is 4. The fourth-order valence-electron chi connectivity index (χ4n) is 3.18. The number of aryl methyl sites for hydroxylation is 1. The molecule has 0 radical (unpaired) electrons. The number of benzene rings is 1. The quantitative estimate of drug-likeness (QED) is 0.926. The SMILES string of the molecule is Cc1nc(Cc2ccccc2)sc1C(=O)N1CCC(C(=O)O)C1C. The molecule has 24 heavy (non-hydrogen) atoms. The van der Waals surface area contributed by atoms with Gasteiger partial charge in [0.25, 0.3) is 5.91 Å². The third-order valence-corrected chi connectivity index (χ3v) is 5.71. The van der Waals surface area contributed by atoms with E-state index >= 15 is 0 Å². The maximum Gasteiger partial charge on any atom is 0.308 e. The number of hydrogen-bond donors (Lipinski definition) is 1. The van der Waals surface area contributed by atoms with E-state index < -0.39 is 11.9 Å². The van der Waals surface area contributed by atoms with Gasteiger partial charge in [-0.25, -0.2) is 4.98 Å². The number of thiazole rings is 1. The topological polar surface area (TPSA) is 70.5 Å². The fraction of sp³-hybridized carbons (Fsp3) is 0.389. The van der Waals surface area contributed by atoms with Gasteiger partial charge in [-0.05, 0) is 25.8 Å². The van der Waals surface area contributed by atoms with Crippen molar-refractivity contribution in [3.63, 3.8) is 0 Å². The molecule has 2 unspecified atom stereocenters. The fourth-order valence-corrected chi connectivity index (χ4v) is 4.24. The smallest absolute Gasteiger partial charge is 0.308 e. The molecule has 0 bridgehead atoms. The van der Waals surface area contributed by atoms with Crippen LogP contribution in [0.4, 0.5) is 0 Å². The molecule has 2 atom stereocenters. The summed E-state index contributed by atoms with van der Waals surface area (Å²) in [6.45, 7) is 4.14. The third-order valence-electron chi connectivity index (χ3n) is 4.57. The van der Waals surface area contributed by atoms with Gasteiger partial charge >= 0.3 is 5.97 Å². The maximum absolute atomic E-state index is 12.8. The Morgan fingerprint density at radius 2 is 2.04 bits per heavy atom. The second-order valence-electron chi connectivity index (χ2n) is 6.16. The van der Waals surface area contributed by atoms with E-state index in [4.69, 9.17) is 0 Å². The Morgan fingerprint density at radius 3 is 2.67 bits per heavy atom. The molecule has 1 aliphatic rings. The van der Waals surface area contributed by atoms with Crippen molar-refractivity contribution in [3.8, 4) is 0 Å². The minimum Gasteiger partial charge on any atom is -0.481 e. The number of amides is 1. The predicted octanol–water partition coefficient (Wildman–Crippen LogP) is 2.98. The molecule has 2 heterocycles. The molecule has 0 aliphatic carbocycles. The Hall–Kier alpha value is -2.21. The molecule has 1 aromatic heterocycles. The average Bonchev–Trinajstić information content (AvgIpc) is 3.10. The summed E-state index contributed by atoms with van der Waals surface area (Å²) in [4.78, 5) is 30.9. The number of likely N-dealkylation sites (tertiary alicyclic amines) is 1. The van der Waals surface area contributed by atoms with Crippen molar-refractivity contribution in [1.29, 1.82) is 0 Å². The molecule has 1 fully saturated rings. The van der Waals surface area contributed by atoms with Crippen molar-refractivity contribution in [2.45, 2.75) is 32.7 Å². The highest BCUT2D eigenvalue weighted by Gasteiger charge is 2.39. The molecule has 0 spiro atoms. The van der Waals surface area contributed by atoms with E-state index in [0.717, 1.165) is 16.3 Å². The van der Waals surface area contributed by atoms with Crippen LogP contribution in [0.1, 0.15) is 39.3 Å². The number of carboxylic acids is 1. The maximum atomic E-state index is 12.8. The first-order chi connectivity index (χ1) is 11.5. The molecule has 1 aromatic carbocycles. The molecule has 1 N–H and O–H groups in total. The summed E-state index contributed by atoms with van der Waals surface area (Å²) in [6, 6.07) is 9.74. The number of carbonyl (C=O) groups is 2. The van der Waals surface area contributed by atoms with Gasteiger partial charge in [0.2, 0.25) is 0 Å². The molecule has 5 nitrogen and oxygen atoms in total. The van der Waals surface area contributed by atoms with Crippen LogP contribution in [-0.4, -0.2) is 39.5 Å². The lowest BCUT2D eigenvalue weighted by molar-refractivity contribution is -0.142. The van der Waals surface area contributed by atoms with Crippen LogP contribution in [0.25, 0.3) is 0 Å². The zero-order valence-electron chi connectivity index (χ0n) is 13.7. The predicted molar refractivity (Wildman–Crippen MR) is 92.3 cm³/mol. The van der Waals surface area contributed by atoms with Gasteiger partial charge in [-0.15, -0.1) is 11.3 Å². The first-order valence-electron chi connectivity index (χ1n) is 8.01. The Morgan fingerprint density at radius 1 is 1.33 bits per heavy atom. The standard InChI is InChI=1S/C18H20N2O3S/c1-11-16(17(21)20-9-8-14(12(20)2)18(22)23)24-15(19-11)10-13-6-4-3-5-7-13/h3-7,12,14H,8-10H2,1-2H3,(H,22,23). The number of nitrogens with zero attached hydrogens (tertiary/aromatic N) is 2. The van der Waals surface area contributed by atoms with Gasteiger partial charge in [0.05, 0.1) is 16.6 Å². The molecule has 1 saturated heterocycles. The lowest BCUT2D eigenvalue weighted by Gasteiger charge is -2.22. The Balaban J connectivity index is 1.78. The molecular weight excluding hydrogens is 324 g/mol. The van der Waals surface area contributed by atoms with Crippen molar-refractivity contribution in [3.05, 3.63) is 51.5 Å². The summed E-state index contributed by atoms with van der Waals surface area (Å²) in [5.41, 5.74) is 1.88. The van der Waals surface area contributed by atoms with Crippen LogP contribution in [0.3, 0.4) is 0 Å².